The highest BCUT2D eigenvalue weighted by molar-refractivity contribution is 6.21. The Labute approximate surface area is 153 Å². The summed E-state index contributed by atoms with van der Waals surface area (Å²) in [6, 6.07) is 13.9. The van der Waals surface area contributed by atoms with Crippen molar-refractivity contribution in [2.24, 2.45) is 0 Å². The number of benzene rings is 2. The average Bonchev–Trinajstić information content (AvgIpc) is 3.12. The minimum Gasteiger partial charge on any atom is -0.378 e. The SMILES string of the molecule is Cc1ccc(NCC(=O)c2ccc(-c3noc(C(F)(F)Cl)n3)cc2)cc1. The Morgan fingerprint density at radius 1 is 1.15 bits per heavy atom. The summed E-state index contributed by atoms with van der Waals surface area (Å²) in [4.78, 5) is 15.8. The van der Waals surface area contributed by atoms with Gasteiger partial charge in [-0.05, 0) is 30.7 Å². The Balaban J connectivity index is 1.66. The summed E-state index contributed by atoms with van der Waals surface area (Å²) in [6.45, 7) is 2.12. The van der Waals surface area contributed by atoms with Gasteiger partial charge in [0, 0.05) is 16.8 Å². The monoisotopic (exact) mass is 377 g/mol. The van der Waals surface area contributed by atoms with Crippen molar-refractivity contribution in [3.8, 4) is 11.4 Å². The van der Waals surface area contributed by atoms with Gasteiger partial charge in [0.05, 0.1) is 6.54 Å². The van der Waals surface area contributed by atoms with Crippen molar-refractivity contribution in [3.05, 3.63) is 65.5 Å². The van der Waals surface area contributed by atoms with Crippen LogP contribution in [0.25, 0.3) is 11.4 Å². The molecule has 1 heterocycles. The number of nitrogens with one attached hydrogen (secondary N) is 1. The Hall–Kier alpha value is -2.80. The topological polar surface area (TPSA) is 68.0 Å². The lowest BCUT2D eigenvalue weighted by Crippen LogP contribution is -2.13. The molecule has 0 amide bonds. The smallest absolute Gasteiger partial charge is 0.378 e. The molecule has 2 aromatic carbocycles. The Morgan fingerprint density at radius 2 is 1.81 bits per heavy atom. The van der Waals surface area contributed by atoms with E-state index in [9.17, 15) is 13.6 Å². The summed E-state index contributed by atoms with van der Waals surface area (Å²) in [7, 11) is 0. The molecule has 0 aliphatic carbocycles. The van der Waals surface area contributed by atoms with Crippen LogP contribution in [0.5, 0.6) is 0 Å². The van der Waals surface area contributed by atoms with E-state index < -0.39 is 11.3 Å². The number of alkyl halides is 3. The molecule has 0 unspecified atom stereocenters. The normalized spacial score (nSPS) is 11.4. The van der Waals surface area contributed by atoms with Crippen LogP contribution in [0, 0.1) is 6.92 Å². The third kappa shape index (κ3) is 4.23. The maximum absolute atomic E-state index is 12.9. The minimum atomic E-state index is -3.72. The number of carbonyl (C=O) groups is 1. The first kappa shape index (κ1) is 18.0. The molecule has 0 aliphatic rings. The summed E-state index contributed by atoms with van der Waals surface area (Å²) in [5.41, 5.74) is 2.89. The summed E-state index contributed by atoms with van der Waals surface area (Å²) in [5, 5.41) is 2.79. The zero-order valence-electron chi connectivity index (χ0n) is 13.7. The lowest BCUT2D eigenvalue weighted by Gasteiger charge is -2.06. The van der Waals surface area contributed by atoms with Gasteiger partial charge in [0.15, 0.2) is 5.78 Å². The number of aryl methyl sites for hydroxylation is 1. The van der Waals surface area contributed by atoms with Gasteiger partial charge in [-0.25, -0.2) is 0 Å². The van der Waals surface area contributed by atoms with Crippen LogP contribution < -0.4 is 5.32 Å². The summed E-state index contributed by atoms with van der Waals surface area (Å²) in [5.74, 6) is -1.12. The molecule has 0 radical (unpaired) electrons. The van der Waals surface area contributed by atoms with Crippen LogP contribution in [0.15, 0.2) is 53.1 Å². The molecule has 0 bridgehead atoms. The molecule has 0 atom stereocenters. The van der Waals surface area contributed by atoms with Gasteiger partial charge in [-0.3, -0.25) is 4.79 Å². The maximum atomic E-state index is 12.9. The van der Waals surface area contributed by atoms with Gasteiger partial charge in [0.2, 0.25) is 5.82 Å². The van der Waals surface area contributed by atoms with Crippen molar-refractivity contribution >= 4 is 23.1 Å². The predicted octanol–water partition coefficient (Wildman–Crippen LogP) is 4.63. The van der Waals surface area contributed by atoms with E-state index in [4.69, 9.17) is 11.6 Å². The standard InChI is InChI=1S/C18H14ClF2N3O2/c1-11-2-8-14(9-3-11)22-10-15(25)12-4-6-13(7-5-12)16-23-17(26-24-16)18(19,20)21/h2-9,22H,10H2,1H3. The first-order valence-electron chi connectivity index (χ1n) is 7.68. The first-order chi connectivity index (χ1) is 12.3. The van der Waals surface area contributed by atoms with Gasteiger partial charge in [0.1, 0.15) is 0 Å². The molecule has 0 saturated heterocycles. The van der Waals surface area contributed by atoms with Crippen molar-refractivity contribution in [2.75, 3.05) is 11.9 Å². The van der Waals surface area contributed by atoms with Crippen molar-refractivity contribution in [3.63, 3.8) is 0 Å². The van der Waals surface area contributed by atoms with E-state index in [1.165, 1.54) is 0 Å². The van der Waals surface area contributed by atoms with Crippen LogP contribution in [-0.2, 0) is 5.38 Å². The largest absolute Gasteiger partial charge is 0.400 e. The van der Waals surface area contributed by atoms with Crippen LogP contribution in [0.4, 0.5) is 14.5 Å². The molecule has 5 nitrogen and oxygen atoms in total. The van der Waals surface area contributed by atoms with E-state index >= 15 is 0 Å². The van der Waals surface area contributed by atoms with Gasteiger partial charge in [-0.2, -0.15) is 13.8 Å². The fraction of sp³-hybridized carbons (Fsp3) is 0.167. The number of rotatable bonds is 6. The van der Waals surface area contributed by atoms with Gasteiger partial charge < -0.3 is 9.84 Å². The summed E-state index contributed by atoms with van der Waals surface area (Å²) >= 11 is 4.84. The van der Waals surface area contributed by atoms with Gasteiger partial charge in [-0.1, -0.05) is 47.1 Å². The Morgan fingerprint density at radius 3 is 2.38 bits per heavy atom. The molecule has 1 aromatic heterocycles. The second-order valence-electron chi connectivity index (χ2n) is 5.64. The number of carbonyl (C=O) groups excluding carboxylic acids is 1. The molecule has 0 aliphatic heterocycles. The quantitative estimate of drug-likeness (QED) is 0.501. The molecule has 1 N–H and O–H groups in total. The number of aromatic nitrogens is 2. The third-order valence-electron chi connectivity index (χ3n) is 3.64. The van der Waals surface area contributed by atoms with Crippen molar-refractivity contribution < 1.29 is 18.1 Å². The molecular formula is C18H14ClF2N3O2. The molecule has 3 aromatic rings. The van der Waals surface area contributed by atoms with Crippen molar-refractivity contribution in [1.29, 1.82) is 0 Å². The highest BCUT2D eigenvalue weighted by Crippen LogP contribution is 2.32. The average molecular weight is 378 g/mol. The molecule has 134 valence electrons. The fourth-order valence-electron chi connectivity index (χ4n) is 2.22. The van der Waals surface area contributed by atoms with Crippen LogP contribution in [0.1, 0.15) is 21.8 Å². The van der Waals surface area contributed by atoms with Crippen molar-refractivity contribution in [2.45, 2.75) is 12.3 Å². The van der Waals surface area contributed by atoms with Crippen molar-refractivity contribution in [1.82, 2.24) is 10.1 Å². The predicted molar refractivity (Wildman–Crippen MR) is 93.5 cm³/mol. The zero-order valence-corrected chi connectivity index (χ0v) is 14.4. The molecule has 0 spiro atoms. The Kier molecular flexibility index (Phi) is 4.99. The van der Waals surface area contributed by atoms with Gasteiger partial charge in [0.25, 0.3) is 0 Å². The molecule has 8 heteroatoms. The highest BCUT2D eigenvalue weighted by atomic mass is 35.5. The summed E-state index contributed by atoms with van der Waals surface area (Å²) in [6.07, 6.45) is 0. The molecule has 0 fully saturated rings. The van der Waals surface area contributed by atoms with Gasteiger partial charge >= 0.3 is 11.3 Å². The van der Waals surface area contributed by atoms with Gasteiger partial charge in [-0.15, -0.1) is 0 Å². The molecular weight excluding hydrogens is 364 g/mol. The number of nitrogens with zero attached hydrogens (tertiary/aromatic N) is 2. The Bertz CT molecular complexity index is 903. The first-order valence-corrected chi connectivity index (χ1v) is 8.06. The number of anilines is 1. The number of halogens is 3. The molecule has 26 heavy (non-hydrogen) atoms. The lowest BCUT2D eigenvalue weighted by atomic mass is 10.1. The van der Waals surface area contributed by atoms with Crippen LogP contribution in [-0.4, -0.2) is 22.5 Å². The van der Waals surface area contributed by atoms with Crippen LogP contribution in [0.3, 0.4) is 0 Å². The number of hydrogen-bond acceptors (Lipinski definition) is 5. The molecule has 0 saturated carbocycles. The lowest BCUT2D eigenvalue weighted by molar-refractivity contribution is 0.0551. The molecule has 3 rings (SSSR count). The number of Topliss-reactive ketones (excluding diaryl/α,β-unsaturated/α-hetero) is 1. The fourth-order valence-corrected chi connectivity index (χ4v) is 2.29. The third-order valence-corrected chi connectivity index (χ3v) is 3.80. The van der Waals surface area contributed by atoms with E-state index in [1.54, 1.807) is 24.3 Å². The number of ketones is 1. The van der Waals surface area contributed by atoms with Crippen LogP contribution in [0.2, 0.25) is 0 Å². The summed E-state index contributed by atoms with van der Waals surface area (Å²) < 4.78 is 30.3. The van der Waals surface area contributed by atoms with E-state index in [-0.39, 0.29) is 18.2 Å². The second-order valence-corrected chi connectivity index (χ2v) is 6.12. The van der Waals surface area contributed by atoms with E-state index in [1.807, 2.05) is 31.2 Å². The van der Waals surface area contributed by atoms with E-state index in [0.29, 0.717) is 11.1 Å². The van der Waals surface area contributed by atoms with E-state index in [2.05, 4.69) is 20.0 Å². The minimum absolute atomic E-state index is 0.0305. The number of hydrogen-bond donors (Lipinski definition) is 1. The maximum Gasteiger partial charge on any atom is 0.400 e. The van der Waals surface area contributed by atoms with Crippen LogP contribution >= 0.6 is 11.6 Å². The van der Waals surface area contributed by atoms with E-state index in [0.717, 1.165) is 11.3 Å². The second kappa shape index (κ2) is 7.21. The zero-order chi connectivity index (χ0) is 18.7. The highest BCUT2D eigenvalue weighted by Gasteiger charge is 2.35.